The summed E-state index contributed by atoms with van der Waals surface area (Å²) in [6.07, 6.45) is 10.0. The van der Waals surface area contributed by atoms with Crippen LogP contribution in [0.2, 0.25) is 0 Å². The third kappa shape index (κ3) is 5.82. The van der Waals surface area contributed by atoms with Crippen LogP contribution in [-0.4, -0.2) is 24.7 Å². The molecule has 8 atom stereocenters. The molecule has 4 rings (SSSR count). The van der Waals surface area contributed by atoms with Gasteiger partial charge in [0, 0.05) is 0 Å². The second kappa shape index (κ2) is 12.3. The zero-order chi connectivity index (χ0) is 24.2. The molecular formula is C30H50F4. The van der Waals surface area contributed by atoms with Crippen molar-refractivity contribution in [2.75, 3.05) is 0 Å². The molecule has 4 heteroatoms. The summed E-state index contributed by atoms with van der Waals surface area (Å²) in [6.45, 7) is 4.34. The van der Waals surface area contributed by atoms with Gasteiger partial charge in [-0.05, 0) is 118 Å². The number of halogens is 4. The SMILES string of the molecule is CCCCC1CCC(C2CCC(C3CCC(C4CCC(CC)CC4)C(F)C3F)CC2)C(F)[C@H]1F. The first-order valence-electron chi connectivity index (χ1n) is 15.0. The Labute approximate surface area is 206 Å². The first kappa shape index (κ1) is 26.8. The fraction of sp³-hybridized carbons (Fsp3) is 1.00. The van der Waals surface area contributed by atoms with Crippen molar-refractivity contribution in [1.82, 2.24) is 0 Å². The Hall–Kier alpha value is -0.280. The van der Waals surface area contributed by atoms with Crippen molar-refractivity contribution < 1.29 is 17.6 Å². The molecule has 34 heavy (non-hydrogen) atoms. The molecular weight excluding hydrogens is 436 g/mol. The van der Waals surface area contributed by atoms with Gasteiger partial charge in [-0.2, -0.15) is 0 Å². The number of hydrogen-bond donors (Lipinski definition) is 0. The van der Waals surface area contributed by atoms with E-state index in [0.29, 0.717) is 5.92 Å². The Balaban J connectivity index is 1.25. The highest BCUT2D eigenvalue weighted by atomic mass is 19.2. The molecule has 4 aliphatic carbocycles. The molecule has 0 N–H and O–H groups in total. The summed E-state index contributed by atoms with van der Waals surface area (Å²) in [6, 6.07) is 0. The molecule has 0 bridgehead atoms. The molecule has 0 spiro atoms. The van der Waals surface area contributed by atoms with Crippen LogP contribution < -0.4 is 0 Å². The monoisotopic (exact) mass is 486 g/mol. The van der Waals surface area contributed by atoms with Gasteiger partial charge in [-0.25, -0.2) is 17.6 Å². The lowest BCUT2D eigenvalue weighted by molar-refractivity contribution is -0.0469. The highest BCUT2D eigenvalue weighted by Gasteiger charge is 2.48. The van der Waals surface area contributed by atoms with E-state index in [0.717, 1.165) is 89.4 Å². The maximum absolute atomic E-state index is 15.4. The minimum absolute atomic E-state index is 0.0860. The number of alkyl halides is 4. The molecule has 0 radical (unpaired) electrons. The largest absolute Gasteiger partial charge is 0.244 e. The van der Waals surface area contributed by atoms with Crippen LogP contribution in [0.25, 0.3) is 0 Å². The molecule has 0 aromatic carbocycles. The second-order valence-electron chi connectivity index (χ2n) is 12.7. The molecule has 0 saturated heterocycles. The van der Waals surface area contributed by atoms with Crippen LogP contribution >= 0.6 is 0 Å². The normalized spacial score (nSPS) is 48.5. The van der Waals surface area contributed by atoms with Gasteiger partial charge in [0.25, 0.3) is 0 Å². The Morgan fingerprint density at radius 3 is 1.35 bits per heavy atom. The van der Waals surface area contributed by atoms with Crippen LogP contribution in [0.4, 0.5) is 17.6 Å². The summed E-state index contributed by atoms with van der Waals surface area (Å²) in [7, 11) is 0. The summed E-state index contributed by atoms with van der Waals surface area (Å²) in [4.78, 5) is 0. The first-order valence-corrected chi connectivity index (χ1v) is 15.0. The summed E-state index contributed by atoms with van der Waals surface area (Å²) in [5.41, 5.74) is 0. The Morgan fingerprint density at radius 1 is 0.500 bits per heavy atom. The molecule has 0 amide bonds. The molecule has 4 fully saturated rings. The standard InChI is InChI=1S/C30H50F4/c1-3-5-6-23-15-16-24(28(32)27(23)31)21-11-13-22(14-12-21)26-18-17-25(29(33)30(26)34)20-9-7-19(4-2)8-10-20/h19-30H,3-18H2,1-2H3/t19?,20?,21?,22?,23?,24?,25?,26?,27-,28?,29?,30?/m0/s1. The van der Waals surface area contributed by atoms with Gasteiger partial charge in [0.15, 0.2) is 0 Å². The molecule has 0 heterocycles. The van der Waals surface area contributed by atoms with E-state index in [4.69, 9.17) is 0 Å². The summed E-state index contributed by atoms with van der Waals surface area (Å²) >= 11 is 0. The van der Waals surface area contributed by atoms with Gasteiger partial charge in [-0.1, -0.05) is 46.0 Å². The van der Waals surface area contributed by atoms with Crippen LogP contribution in [-0.2, 0) is 0 Å². The average molecular weight is 487 g/mol. The predicted molar refractivity (Wildman–Crippen MR) is 133 cm³/mol. The summed E-state index contributed by atoms with van der Waals surface area (Å²) in [5, 5.41) is 0. The minimum atomic E-state index is -1.33. The zero-order valence-corrected chi connectivity index (χ0v) is 21.8. The Kier molecular flexibility index (Phi) is 9.69. The molecule has 0 aliphatic heterocycles. The smallest absolute Gasteiger partial charge is 0.134 e. The third-order valence-electron chi connectivity index (χ3n) is 11.0. The molecule has 4 saturated carbocycles. The van der Waals surface area contributed by atoms with Crippen LogP contribution in [0.1, 0.15) is 117 Å². The number of unbranched alkanes of at least 4 members (excludes halogenated alkanes) is 1. The molecule has 7 unspecified atom stereocenters. The average Bonchev–Trinajstić information content (AvgIpc) is 2.87. The molecule has 0 nitrogen and oxygen atoms in total. The van der Waals surface area contributed by atoms with E-state index >= 15 is 13.2 Å². The first-order chi connectivity index (χ1) is 16.4. The van der Waals surface area contributed by atoms with E-state index in [9.17, 15) is 4.39 Å². The topological polar surface area (TPSA) is 0 Å². The van der Waals surface area contributed by atoms with Crippen LogP contribution in [0.3, 0.4) is 0 Å². The van der Waals surface area contributed by atoms with E-state index in [2.05, 4.69) is 13.8 Å². The summed E-state index contributed by atoms with van der Waals surface area (Å²) in [5.74, 6) is 1.07. The minimum Gasteiger partial charge on any atom is -0.244 e. The van der Waals surface area contributed by atoms with Crippen molar-refractivity contribution in [1.29, 1.82) is 0 Å². The Morgan fingerprint density at radius 2 is 0.912 bits per heavy atom. The maximum Gasteiger partial charge on any atom is 0.134 e. The Bertz CT molecular complexity index is 595. The highest BCUT2D eigenvalue weighted by Crippen LogP contribution is 2.50. The van der Waals surface area contributed by atoms with Crippen molar-refractivity contribution in [2.24, 2.45) is 47.3 Å². The molecule has 4 aliphatic rings. The molecule has 0 aromatic rings. The van der Waals surface area contributed by atoms with Gasteiger partial charge in [0.05, 0.1) is 0 Å². The summed E-state index contributed by atoms with van der Waals surface area (Å²) < 4.78 is 60.6. The molecule has 198 valence electrons. The zero-order valence-electron chi connectivity index (χ0n) is 21.8. The van der Waals surface area contributed by atoms with Gasteiger partial charge in [0.2, 0.25) is 0 Å². The van der Waals surface area contributed by atoms with E-state index in [1.165, 1.54) is 19.3 Å². The highest BCUT2D eigenvalue weighted by molar-refractivity contribution is 4.97. The van der Waals surface area contributed by atoms with Crippen molar-refractivity contribution in [3.8, 4) is 0 Å². The lowest BCUT2D eigenvalue weighted by atomic mass is 9.61. The van der Waals surface area contributed by atoms with Gasteiger partial charge in [0.1, 0.15) is 24.7 Å². The van der Waals surface area contributed by atoms with Crippen LogP contribution in [0.15, 0.2) is 0 Å². The second-order valence-corrected chi connectivity index (χ2v) is 12.7. The lowest BCUT2D eigenvalue weighted by Gasteiger charge is -2.46. The fourth-order valence-electron chi connectivity index (χ4n) is 8.68. The fourth-order valence-corrected chi connectivity index (χ4v) is 8.68. The molecule has 0 aromatic heterocycles. The van der Waals surface area contributed by atoms with E-state index in [1.54, 1.807) is 0 Å². The van der Waals surface area contributed by atoms with Gasteiger partial charge in [-0.3, -0.25) is 0 Å². The van der Waals surface area contributed by atoms with Crippen molar-refractivity contribution in [2.45, 2.75) is 141 Å². The van der Waals surface area contributed by atoms with Gasteiger partial charge < -0.3 is 0 Å². The van der Waals surface area contributed by atoms with E-state index in [1.807, 2.05) is 0 Å². The quantitative estimate of drug-likeness (QED) is 0.314. The van der Waals surface area contributed by atoms with E-state index in [-0.39, 0.29) is 35.5 Å². The van der Waals surface area contributed by atoms with E-state index < -0.39 is 24.7 Å². The van der Waals surface area contributed by atoms with Gasteiger partial charge in [-0.15, -0.1) is 0 Å². The third-order valence-corrected chi connectivity index (χ3v) is 11.0. The number of hydrogen-bond acceptors (Lipinski definition) is 0. The van der Waals surface area contributed by atoms with Crippen LogP contribution in [0, 0.1) is 47.3 Å². The number of rotatable bonds is 7. The van der Waals surface area contributed by atoms with Gasteiger partial charge >= 0.3 is 0 Å². The van der Waals surface area contributed by atoms with Crippen molar-refractivity contribution in [3.05, 3.63) is 0 Å². The van der Waals surface area contributed by atoms with Crippen LogP contribution in [0.5, 0.6) is 0 Å². The van der Waals surface area contributed by atoms with Crippen molar-refractivity contribution >= 4 is 0 Å². The maximum atomic E-state index is 15.4. The predicted octanol–water partition coefficient (Wildman–Crippen LogP) is 9.60. The van der Waals surface area contributed by atoms with Crippen molar-refractivity contribution in [3.63, 3.8) is 0 Å². The lowest BCUT2D eigenvalue weighted by Crippen LogP contribution is -2.46.